The standard InChI is InChI=1S/C20H14N4O6/c1-23-19(26)12-5-3-4-11-17(12)13(20(23)27)9-15(18(11)25)22-21-14-7-6-10(24(28)29)8-16(14)30-2/h3-9,25H,1-2H3. The van der Waals surface area contributed by atoms with Crippen molar-refractivity contribution < 1.29 is 24.4 Å². The fourth-order valence-corrected chi connectivity index (χ4v) is 3.30. The van der Waals surface area contributed by atoms with Gasteiger partial charge in [0.2, 0.25) is 0 Å². The van der Waals surface area contributed by atoms with E-state index in [1.54, 1.807) is 18.2 Å². The molecule has 0 spiro atoms. The van der Waals surface area contributed by atoms with E-state index < -0.39 is 16.7 Å². The monoisotopic (exact) mass is 406 g/mol. The van der Waals surface area contributed by atoms with Crippen LogP contribution in [-0.4, -0.2) is 40.9 Å². The van der Waals surface area contributed by atoms with E-state index in [0.29, 0.717) is 16.3 Å². The number of amides is 2. The van der Waals surface area contributed by atoms with Crippen LogP contribution in [0.25, 0.3) is 10.8 Å². The molecule has 1 aliphatic rings. The summed E-state index contributed by atoms with van der Waals surface area (Å²) < 4.78 is 5.12. The highest BCUT2D eigenvalue weighted by Crippen LogP contribution is 2.42. The van der Waals surface area contributed by atoms with E-state index in [2.05, 4.69) is 10.2 Å². The van der Waals surface area contributed by atoms with Gasteiger partial charge in [-0.15, -0.1) is 10.2 Å². The molecular formula is C20H14N4O6. The van der Waals surface area contributed by atoms with Gasteiger partial charge in [0.15, 0.2) is 11.5 Å². The van der Waals surface area contributed by atoms with Crippen LogP contribution in [0.4, 0.5) is 17.1 Å². The summed E-state index contributed by atoms with van der Waals surface area (Å²) in [6, 6.07) is 9.93. The number of nitro groups is 1. The van der Waals surface area contributed by atoms with Gasteiger partial charge in [0.25, 0.3) is 17.5 Å². The van der Waals surface area contributed by atoms with Crippen molar-refractivity contribution in [2.24, 2.45) is 10.2 Å². The minimum absolute atomic E-state index is 0.00570. The fourth-order valence-electron chi connectivity index (χ4n) is 3.30. The van der Waals surface area contributed by atoms with Crippen molar-refractivity contribution in [3.63, 3.8) is 0 Å². The zero-order chi connectivity index (χ0) is 21.6. The number of hydrogen-bond donors (Lipinski definition) is 1. The summed E-state index contributed by atoms with van der Waals surface area (Å²) in [6.45, 7) is 0. The van der Waals surface area contributed by atoms with Crippen LogP contribution in [0, 0.1) is 10.1 Å². The van der Waals surface area contributed by atoms with Gasteiger partial charge in [0.05, 0.1) is 23.7 Å². The lowest BCUT2D eigenvalue weighted by molar-refractivity contribution is -0.384. The molecular weight excluding hydrogens is 392 g/mol. The van der Waals surface area contributed by atoms with E-state index in [-0.39, 0.29) is 34.1 Å². The zero-order valence-corrected chi connectivity index (χ0v) is 15.8. The van der Waals surface area contributed by atoms with Gasteiger partial charge in [-0.05, 0) is 18.2 Å². The molecule has 2 amide bonds. The number of methoxy groups -OCH3 is 1. The third-order valence-corrected chi connectivity index (χ3v) is 4.82. The van der Waals surface area contributed by atoms with E-state index in [4.69, 9.17) is 4.74 Å². The Labute approximate surface area is 169 Å². The van der Waals surface area contributed by atoms with E-state index in [0.717, 1.165) is 4.90 Å². The number of carbonyl (C=O) groups is 2. The molecule has 0 bridgehead atoms. The Morgan fingerprint density at radius 1 is 1.03 bits per heavy atom. The van der Waals surface area contributed by atoms with Gasteiger partial charge in [-0.3, -0.25) is 24.6 Å². The Balaban J connectivity index is 1.86. The summed E-state index contributed by atoms with van der Waals surface area (Å²) in [5.74, 6) is -1.10. The van der Waals surface area contributed by atoms with Crippen molar-refractivity contribution in [2.45, 2.75) is 0 Å². The zero-order valence-electron chi connectivity index (χ0n) is 15.8. The highest BCUT2D eigenvalue weighted by molar-refractivity contribution is 6.26. The van der Waals surface area contributed by atoms with Crippen LogP contribution in [-0.2, 0) is 0 Å². The second-order valence-corrected chi connectivity index (χ2v) is 6.50. The maximum atomic E-state index is 12.6. The quantitative estimate of drug-likeness (QED) is 0.300. The van der Waals surface area contributed by atoms with E-state index in [9.17, 15) is 24.8 Å². The number of phenols is 1. The molecule has 0 aliphatic carbocycles. The van der Waals surface area contributed by atoms with Gasteiger partial charge in [0, 0.05) is 29.4 Å². The van der Waals surface area contributed by atoms with Crippen LogP contribution >= 0.6 is 0 Å². The molecule has 1 N–H and O–H groups in total. The van der Waals surface area contributed by atoms with Gasteiger partial charge in [0.1, 0.15) is 11.4 Å². The summed E-state index contributed by atoms with van der Waals surface area (Å²) in [6.07, 6.45) is 0. The lowest BCUT2D eigenvalue weighted by Crippen LogP contribution is -2.36. The van der Waals surface area contributed by atoms with Crippen molar-refractivity contribution in [2.75, 3.05) is 14.2 Å². The third kappa shape index (κ3) is 2.82. The number of nitro benzene ring substituents is 1. The molecule has 0 saturated heterocycles. The number of benzene rings is 3. The number of imide groups is 1. The maximum absolute atomic E-state index is 12.6. The number of phenolic OH excluding ortho intramolecular Hbond substituents is 1. The van der Waals surface area contributed by atoms with Crippen molar-refractivity contribution >= 4 is 39.6 Å². The Bertz CT molecular complexity index is 1280. The third-order valence-electron chi connectivity index (χ3n) is 4.82. The van der Waals surface area contributed by atoms with Gasteiger partial charge in [-0.1, -0.05) is 12.1 Å². The molecule has 0 atom stereocenters. The number of azo groups is 1. The van der Waals surface area contributed by atoms with Crippen molar-refractivity contribution in [3.05, 3.63) is 63.7 Å². The van der Waals surface area contributed by atoms with Crippen molar-refractivity contribution in [3.8, 4) is 11.5 Å². The highest BCUT2D eigenvalue weighted by atomic mass is 16.6. The molecule has 3 aromatic carbocycles. The summed E-state index contributed by atoms with van der Waals surface area (Å²) in [5.41, 5.74) is 0.551. The molecule has 150 valence electrons. The predicted molar refractivity (Wildman–Crippen MR) is 106 cm³/mol. The summed E-state index contributed by atoms with van der Waals surface area (Å²) in [4.78, 5) is 36.4. The molecule has 1 heterocycles. The van der Waals surface area contributed by atoms with Crippen LogP contribution in [0.1, 0.15) is 20.7 Å². The maximum Gasteiger partial charge on any atom is 0.273 e. The first-order valence-corrected chi connectivity index (χ1v) is 8.68. The van der Waals surface area contributed by atoms with Crippen molar-refractivity contribution in [1.82, 2.24) is 4.90 Å². The Morgan fingerprint density at radius 3 is 2.43 bits per heavy atom. The average Bonchev–Trinajstić information content (AvgIpc) is 2.75. The molecule has 10 nitrogen and oxygen atoms in total. The number of nitrogens with zero attached hydrogens (tertiary/aromatic N) is 4. The molecule has 0 radical (unpaired) electrons. The van der Waals surface area contributed by atoms with Gasteiger partial charge < -0.3 is 9.84 Å². The first-order chi connectivity index (χ1) is 14.3. The molecule has 0 aromatic heterocycles. The topological polar surface area (TPSA) is 135 Å². The number of ether oxygens (including phenoxy) is 1. The van der Waals surface area contributed by atoms with Gasteiger partial charge >= 0.3 is 0 Å². The minimum atomic E-state index is -0.565. The number of aromatic hydroxyl groups is 1. The Morgan fingerprint density at radius 2 is 1.73 bits per heavy atom. The molecule has 0 unspecified atom stereocenters. The first-order valence-electron chi connectivity index (χ1n) is 8.68. The molecule has 30 heavy (non-hydrogen) atoms. The number of non-ortho nitro benzene ring substituents is 1. The molecule has 3 aromatic rings. The van der Waals surface area contributed by atoms with Crippen LogP contribution in [0.15, 0.2) is 52.7 Å². The van der Waals surface area contributed by atoms with E-state index >= 15 is 0 Å². The summed E-state index contributed by atoms with van der Waals surface area (Å²) in [5, 5.41) is 30.3. The van der Waals surface area contributed by atoms with Gasteiger partial charge in [-0.25, -0.2) is 0 Å². The number of carbonyl (C=O) groups excluding carboxylic acids is 2. The van der Waals surface area contributed by atoms with Crippen LogP contribution < -0.4 is 4.74 Å². The smallest absolute Gasteiger partial charge is 0.273 e. The normalized spacial score (nSPS) is 13.3. The van der Waals surface area contributed by atoms with Crippen LogP contribution in [0.5, 0.6) is 11.5 Å². The average molecular weight is 406 g/mol. The SMILES string of the molecule is COc1cc([N+](=O)[O-])ccc1N=Nc1cc2c3c(cccc3c1O)C(=O)N(C)C2=O. The number of rotatable bonds is 4. The molecule has 1 aliphatic heterocycles. The minimum Gasteiger partial charge on any atom is -0.505 e. The predicted octanol–water partition coefficient (Wildman–Crippen LogP) is 4.10. The van der Waals surface area contributed by atoms with Crippen LogP contribution in [0.3, 0.4) is 0 Å². The Kier molecular flexibility index (Phi) is 4.38. The summed E-state index contributed by atoms with van der Waals surface area (Å²) >= 11 is 0. The lowest BCUT2D eigenvalue weighted by Gasteiger charge is -2.24. The Hall–Kier alpha value is -4.34. The highest BCUT2D eigenvalue weighted by Gasteiger charge is 2.32. The molecule has 10 heteroatoms. The largest absolute Gasteiger partial charge is 0.505 e. The summed E-state index contributed by atoms with van der Waals surface area (Å²) in [7, 11) is 2.71. The fraction of sp³-hybridized carbons (Fsp3) is 0.100. The van der Waals surface area contributed by atoms with E-state index in [1.807, 2.05) is 0 Å². The number of hydrogen-bond acceptors (Lipinski definition) is 8. The second-order valence-electron chi connectivity index (χ2n) is 6.50. The molecule has 0 fully saturated rings. The molecule has 0 saturated carbocycles. The first kappa shape index (κ1) is 19.0. The van der Waals surface area contributed by atoms with Gasteiger partial charge in [-0.2, -0.15) is 0 Å². The second kappa shape index (κ2) is 6.92. The lowest BCUT2D eigenvalue weighted by atomic mass is 9.93. The van der Waals surface area contributed by atoms with E-state index in [1.165, 1.54) is 38.4 Å². The van der Waals surface area contributed by atoms with Crippen LogP contribution in [0.2, 0.25) is 0 Å². The molecule has 4 rings (SSSR count). The van der Waals surface area contributed by atoms with Crippen molar-refractivity contribution in [1.29, 1.82) is 0 Å².